The molecule has 0 amide bonds. The minimum absolute atomic E-state index is 0.209. The van der Waals surface area contributed by atoms with Gasteiger partial charge < -0.3 is 24.1 Å². The third-order valence-corrected chi connectivity index (χ3v) is 7.43. The smallest absolute Gasteiger partial charge is 0.348 e. The van der Waals surface area contributed by atoms with Crippen molar-refractivity contribution >= 4 is 23.5 Å². The maximum atomic E-state index is 12.8. The average Bonchev–Trinajstić information content (AvgIpc) is 2.88. The lowest BCUT2D eigenvalue weighted by Crippen LogP contribution is -2.56. The van der Waals surface area contributed by atoms with E-state index in [2.05, 4.69) is 0 Å². The summed E-state index contributed by atoms with van der Waals surface area (Å²) in [5.41, 5.74) is 1.12. The van der Waals surface area contributed by atoms with Crippen LogP contribution in [0.4, 0.5) is 0 Å². The second-order valence-corrected chi connectivity index (χ2v) is 10.1. The van der Waals surface area contributed by atoms with Gasteiger partial charge in [0, 0.05) is 32.0 Å². The molecule has 196 valence electrons. The molecular formula is C29H31O8-. The van der Waals surface area contributed by atoms with E-state index in [0.717, 1.165) is 44.1 Å². The van der Waals surface area contributed by atoms with Crippen LogP contribution in [0.15, 0.2) is 60.2 Å². The van der Waals surface area contributed by atoms with Gasteiger partial charge in [-0.15, -0.1) is 0 Å². The van der Waals surface area contributed by atoms with E-state index in [9.17, 15) is 19.5 Å². The molecular weight excluding hydrogens is 476 g/mol. The highest BCUT2D eigenvalue weighted by Gasteiger charge is 2.47. The predicted molar refractivity (Wildman–Crippen MR) is 130 cm³/mol. The fourth-order valence-electron chi connectivity index (χ4n) is 5.39. The maximum absolute atomic E-state index is 12.8. The van der Waals surface area contributed by atoms with Crippen molar-refractivity contribution in [1.82, 2.24) is 0 Å². The van der Waals surface area contributed by atoms with E-state index in [0.29, 0.717) is 31.3 Å². The molecule has 0 bridgehead atoms. The third-order valence-electron chi connectivity index (χ3n) is 7.43. The summed E-state index contributed by atoms with van der Waals surface area (Å²) in [4.78, 5) is 38.2. The van der Waals surface area contributed by atoms with Crippen LogP contribution in [-0.2, 0) is 33.3 Å². The van der Waals surface area contributed by atoms with Crippen LogP contribution in [-0.4, -0.2) is 35.8 Å². The zero-order valence-electron chi connectivity index (χ0n) is 20.7. The van der Waals surface area contributed by atoms with E-state index >= 15 is 0 Å². The standard InChI is InChI=1S/C29H31O8/c30-24-22(25(31)35-28(34-24)16-6-2-7-17-28)14-12-21(20-10-4-1-5-11-20)13-15-23-26(32)36-29(37-27(23)33)18-8-3-9-19-29/h1,4-5,10-15,22,24H,2-3,6-9,16-19H2/q-1/b14-12+,21-13-. The van der Waals surface area contributed by atoms with Gasteiger partial charge in [-0.25, -0.2) is 9.59 Å². The summed E-state index contributed by atoms with van der Waals surface area (Å²) in [7, 11) is 0. The molecule has 2 atom stereocenters. The Bertz CT molecular complexity index is 1100. The Labute approximate surface area is 215 Å². The van der Waals surface area contributed by atoms with Gasteiger partial charge >= 0.3 is 17.9 Å². The molecule has 0 aromatic heterocycles. The molecule has 4 fully saturated rings. The average molecular weight is 508 g/mol. The number of benzene rings is 1. The molecule has 2 unspecified atom stereocenters. The number of hydrogen-bond donors (Lipinski definition) is 0. The Morgan fingerprint density at radius 3 is 2.00 bits per heavy atom. The van der Waals surface area contributed by atoms with Crippen LogP contribution in [0.2, 0.25) is 0 Å². The summed E-state index contributed by atoms with van der Waals surface area (Å²) >= 11 is 0. The van der Waals surface area contributed by atoms with Crippen molar-refractivity contribution in [2.24, 2.45) is 5.92 Å². The molecule has 1 aromatic rings. The Hall–Kier alpha value is -3.23. The van der Waals surface area contributed by atoms with Crippen molar-refractivity contribution in [2.45, 2.75) is 82.1 Å². The van der Waals surface area contributed by atoms with Crippen LogP contribution in [0.5, 0.6) is 0 Å². The van der Waals surface area contributed by atoms with Gasteiger partial charge in [0.2, 0.25) is 5.79 Å². The summed E-state index contributed by atoms with van der Waals surface area (Å²) in [6.07, 6.45) is 11.9. The van der Waals surface area contributed by atoms with Gasteiger partial charge in [0.05, 0.1) is 5.92 Å². The Balaban J connectivity index is 1.37. The van der Waals surface area contributed by atoms with E-state index in [1.807, 2.05) is 30.3 Å². The van der Waals surface area contributed by atoms with Gasteiger partial charge in [0.1, 0.15) is 5.57 Å². The monoisotopic (exact) mass is 507 g/mol. The molecule has 4 aliphatic rings. The third kappa shape index (κ3) is 5.55. The van der Waals surface area contributed by atoms with Gasteiger partial charge in [-0.1, -0.05) is 61.4 Å². The van der Waals surface area contributed by atoms with E-state index in [-0.39, 0.29) is 5.57 Å². The number of rotatable bonds is 4. The van der Waals surface area contributed by atoms with Crippen LogP contribution in [0, 0.1) is 5.92 Å². The van der Waals surface area contributed by atoms with E-state index in [1.54, 1.807) is 12.2 Å². The largest absolute Gasteiger partial charge is 0.830 e. The predicted octanol–water partition coefficient (Wildman–Crippen LogP) is 3.85. The summed E-state index contributed by atoms with van der Waals surface area (Å²) < 4.78 is 22.4. The fourth-order valence-corrected chi connectivity index (χ4v) is 5.39. The first-order chi connectivity index (χ1) is 17.9. The lowest BCUT2D eigenvalue weighted by Gasteiger charge is -2.47. The highest BCUT2D eigenvalue weighted by molar-refractivity contribution is 6.15. The highest BCUT2D eigenvalue weighted by Crippen LogP contribution is 2.39. The van der Waals surface area contributed by atoms with Crippen molar-refractivity contribution in [3.8, 4) is 0 Å². The minimum Gasteiger partial charge on any atom is -0.830 e. The number of ether oxygens (including phenoxy) is 4. The van der Waals surface area contributed by atoms with Gasteiger partial charge in [-0.3, -0.25) is 4.79 Å². The van der Waals surface area contributed by atoms with Crippen LogP contribution in [0.25, 0.3) is 5.57 Å². The lowest BCUT2D eigenvalue weighted by molar-refractivity contribution is -0.537. The van der Waals surface area contributed by atoms with Crippen molar-refractivity contribution < 1.29 is 38.4 Å². The van der Waals surface area contributed by atoms with Crippen LogP contribution in [0.3, 0.4) is 0 Å². The van der Waals surface area contributed by atoms with E-state index in [1.165, 1.54) is 12.2 Å². The normalized spacial score (nSPS) is 27.6. The molecule has 0 N–H and O–H groups in total. The van der Waals surface area contributed by atoms with Crippen molar-refractivity contribution in [2.75, 3.05) is 0 Å². The SMILES string of the molecule is O=C1OC2(CCCCC2)OC(=O)C1=C/C=C(/C=C/C1C(=O)OC2(CCCCC2)OC1[O-])c1ccccc1. The molecule has 37 heavy (non-hydrogen) atoms. The molecule has 8 nitrogen and oxygen atoms in total. The zero-order chi connectivity index (χ0) is 25.9. The molecule has 5 rings (SSSR count). The molecule has 0 radical (unpaired) electrons. The topological polar surface area (TPSA) is 111 Å². The summed E-state index contributed by atoms with van der Waals surface area (Å²) in [6, 6.07) is 9.20. The lowest BCUT2D eigenvalue weighted by atomic mass is 9.92. The fraction of sp³-hybridized carbons (Fsp3) is 0.483. The van der Waals surface area contributed by atoms with Gasteiger partial charge in [-0.2, -0.15) is 0 Å². The molecule has 2 heterocycles. The Kier molecular flexibility index (Phi) is 7.31. The van der Waals surface area contributed by atoms with Crippen LogP contribution >= 0.6 is 0 Å². The van der Waals surface area contributed by atoms with Crippen molar-refractivity contribution in [3.05, 3.63) is 65.8 Å². The summed E-state index contributed by atoms with van der Waals surface area (Å²) in [5, 5.41) is 12.8. The first-order valence-electron chi connectivity index (χ1n) is 13.1. The summed E-state index contributed by atoms with van der Waals surface area (Å²) in [6.45, 7) is 0. The first-order valence-corrected chi connectivity index (χ1v) is 13.1. The van der Waals surface area contributed by atoms with Crippen molar-refractivity contribution in [3.63, 3.8) is 0 Å². The summed E-state index contributed by atoms with van der Waals surface area (Å²) in [5.74, 6) is -5.42. The number of carbonyl (C=O) groups is 3. The number of esters is 3. The second-order valence-electron chi connectivity index (χ2n) is 10.1. The van der Waals surface area contributed by atoms with Crippen molar-refractivity contribution in [1.29, 1.82) is 0 Å². The van der Waals surface area contributed by atoms with E-state index < -0.39 is 41.7 Å². The van der Waals surface area contributed by atoms with Gasteiger partial charge in [-0.05, 0) is 42.9 Å². The molecule has 2 saturated carbocycles. The molecule has 2 saturated heterocycles. The first kappa shape index (κ1) is 25.4. The number of carbonyl (C=O) groups excluding carboxylic acids is 3. The Morgan fingerprint density at radius 2 is 1.41 bits per heavy atom. The van der Waals surface area contributed by atoms with Crippen LogP contribution in [0.1, 0.15) is 69.8 Å². The molecule has 8 heteroatoms. The van der Waals surface area contributed by atoms with Gasteiger partial charge in [0.25, 0.3) is 5.79 Å². The van der Waals surface area contributed by atoms with Crippen LogP contribution < -0.4 is 5.11 Å². The maximum Gasteiger partial charge on any atom is 0.348 e. The van der Waals surface area contributed by atoms with E-state index in [4.69, 9.17) is 18.9 Å². The molecule has 2 spiro atoms. The number of hydrogen-bond acceptors (Lipinski definition) is 8. The highest BCUT2D eigenvalue weighted by atomic mass is 16.8. The molecule has 1 aromatic carbocycles. The Morgan fingerprint density at radius 1 is 0.811 bits per heavy atom. The molecule has 2 aliphatic heterocycles. The quantitative estimate of drug-likeness (QED) is 0.262. The minimum atomic E-state index is -1.58. The van der Waals surface area contributed by atoms with Gasteiger partial charge in [0.15, 0.2) is 0 Å². The second kappa shape index (κ2) is 10.6. The molecule has 2 aliphatic carbocycles. The zero-order valence-corrected chi connectivity index (χ0v) is 20.7. The number of allylic oxidation sites excluding steroid dienone is 4.